The molecule has 1 aromatic heterocycles. The molecule has 0 saturated carbocycles. The minimum absolute atomic E-state index is 0.0429. The number of nitrogens with zero attached hydrogens (tertiary/aromatic N) is 2. The molecule has 6 heteroatoms. The van der Waals surface area contributed by atoms with E-state index < -0.39 is 0 Å². The average Bonchev–Trinajstić information content (AvgIpc) is 2.83. The second-order valence-corrected chi connectivity index (χ2v) is 5.18. The van der Waals surface area contributed by atoms with E-state index in [1.54, 1.807) is 19.4 Å². The van der Waals surface area contributed by atoms with Crippen molar-refractivity contribution in [3.8, 4) is 0 Å². The summed E-state index contributed by atoms with van der Waals surface area (Å²) in [5.74, 6) is -0.235. The zero-order valence-electron chi connectivity index (χ0n) is 12.1. The Morgan fingerprint density at radius 2 is 2.29 bits per heavy atom. The van der Waals surface area contributed by atoms with Gasteiger partial charge in [0.25, 0.3) is 0 Å². The number of hydrogen-bond donors (Lipinski definition) is 1. The van der Waals surface area contributed by atoms with Crippen LogP contribution in [0.2, 0.25) is 5.02 Å². The molecule has 2 aromatic rings. The summed E-state index contributed by atoms with van der Waals surface area (Å²) < 4.78 is 20.2. The zero-order valence-corrected chi connectivity index (χ0v) is 12.9. The van der Waals surface area contributed by atoms with Crippen LogP contribution in [0.5, 0.6) is 0 Å². The average molecular weight is 312 g/mol. The van der Waals surface area contributed by atoms with Crippen molar-refractivity contribution >= 4 is 11.6 Å². The Balaban J connectivity index is 2.22. The summed E-state index contributed by atoms with van der Waals surface area (Å²) in [5, 5.41) is 8.09. The molecule has 0 saturated heterocycles. The molecule has 114 valence electrons. The predicted molar refractivity (Wildman–Crippen MR) is 81.0 cm³/mol. The molecule has 1 unspecified atom stereocenters. The van der Waals surface area contributed by atoms with Crippen LogP contribution in [0.25, 0.3) is 0 Å². The SMILES string of the molecule is CNC(Cc1cccc(F)c1)c1c(Cl)cnn1CCOC. The summed E-state index contributed by atoms with van der Waals surface area (Å²) in [6.45, 7) is 1.18. The van der Waals surface area contributed by atoms with Crippen LogP contribution in [0.4, 0.5) is 4.39 Å². The second kappa shape index (κ2) is 7.54. The van der Waals surface area contributed by atoms with Gasteiger partial charge in [-0.05, 0) is 31.2 Å². The Kier molecular flexibility index (Phi) is 5.73. The standard InChI is InChI=1S/C15H19ClFN3O/c1-18-14(9-11-4-3-5-12(17)8-11)15-13(16)10-19-20(15)6-7-21-2/h3-5,8,10,14,18H,6-7,9H2,1-2H3. The first-order valence-electron chi connectivity index (χ1n) is 6.77. The number of likely N-dealkylation sites (N-methyl/N-ethyl adjacent to an activating group) is 1. The second-order valence-electron chi connectivity index (χ2n) is 4.77. The highest BCUT2D eigenvalue weighted by molar-refractivity contribution is 6.31. The molecular weight excluding hydrogens is 293 g/mol. The van der Waals surface area contributed by atoms with Gasteiger partial charge in [0.2, 0.25) is 0 Å². The summed E-state index contributed by atoms with van der Waals surface area (Å²) in [6, 6.07) is 6.54. The van der Waals surface area contributed by atoms with Crippen molar-refractivity contribution in [1.82, 2.24) is 15.1 Å². The predicted octanol–water partition coefficient (Wildman–Crippen LogP) is 2.83. The lowest BCUT2D eigenvalue weighted by Crippen LogP contribution is -2.24. The first-order chi connectivity index (χ1) is 10.2. The van der Waals surface area contributed by atoms with E-state index >= 15 is 0 Å². The summed E-state index contributed by atoms with van der Waals surface area (Å²) >= 11 is 6.26. The van der Waals surface area contributed by atoms with Gasteiger partial charge in [-0.1, -0.05) is 23.7 Å². The monoisotopic (exact) mass is 311 g/mol. The van der Waals surface area contributed by atoms with Crippen LogP contribution >= 0.6 is 11.6 Å². The van der Waals surface area contributed by atoms with E-state index in [0.29, 0.717) is 24.6 Å². The van der Waals surface area contributed by atoms with E-state index in [0.717, 1.165) is 11.3 Å². The number of hydrogen-bond acceptors (Lipinski definition) is 3. The molecule has 21 heavy (non-hydrogen) atoms. The smallest absolute Gasteiger partial charge is 0.123 e. The maximum atomic E-state index is 13.3. The minimum atomic E-state index is -0.235. The number of rotatable bonds is 7. The molecule has 4 nitrogen and oxygen atoms in total. The molecule has 0 amide bonds. The molecule has 1 aromatic carbocycles. The van der Waals surface area contributed by atoms with E-state index in [2.05, 4.69) is 10.4 Å². The first-order valence-corrected chi connectivity index (χ1v) is 7.15. The summed E-state index contributed by atoms with van der Waals surface area (Å²) in [5.41, 5.74) is 1.80. The third-order valence-corrected chi connectivity index (χ3v) is 3.64. The maximum Gasteiger partial charge on any atom is 0.123 e. The number of aromatic nitrogens is 2. The number of nitrogens with one attached hydrogen (secondary N) is 1. The molecular formula is C15H19ClFN3O. The third kappa shape index (κ3) is 4.03. The third-order valence-electron chi connectivity index (χ3n) is 3.35. The molecule has 0 radical (unpaired) electrons. The Morgan fingerprint density at radius 3 is 2.95 bits per heavy atom. The van der Waals surface area contributed by atoms with Gasteiger partial charge in [0, 0.05) is 7.11 Å². The maximum absolute atomic E-state index is 13.3. The van der Waals surface area contributed by atoms with Crippen molar-refractivity contribution in [3.63, 3.8) is 0 Å². The summed E-state index contributed by atoms with van der Waals surface area (Å²) in [4.78, 5) is 0. The highest BCUT2D eigenvalue weighted by atomic mass is 35.5. The van der Waals surface area contributed by atoms with Crippen LogP contribution in [0.1, 0.15) is 17.3 Å². The molecule has 0 aliphatic rings. The molecule has 2 rings (SSSR count). The van der Waals surface area contributed by atoms with Crippen LogP contribution in [0, 0.1) is 5.82 Å². The highest BCUT2D eigenvalue weighted by Crippen LogP contribution is 2.25. The lowest BCUT2D eigenvalue weighted by Gasteiger charge is -2.19. The number of ether oxygens (including phenoxy) is 1. The van der Waals surface area contributed by atoms with Gasteiger partial charge in [-0.15, -0.1) is 0 Å². The molecule has 1 heterocycles. The van der Waals surface area contributed by atoms with Crippen LogP contribution in [0.3, 0.4) is 0 Å². The van der Waals surface area contributed by atoms with Crippen LogP contribution in [-0.2, 0) is 17.7 Å². The Hall–Kier alpha value is -1.43. The Labute approximate surface area is 128 Å². The van der Waals surface area contributed by atoms with Crippen LogP contribution in [-0.4, -0.2) is 30.5 Å². The Morgan fingerprint density at radius 1 is 1.48 bits per heavy atom. The van der Waals surface area contributed by atoms with Crippen molar-refractivity contribution < 1.29 is 9.13 Å². The molecule has 0 aliphatic carbocycles. The van der Waals surface area contributed by atoms with E-state index in [4.69, 9.17) is 16.3 Å². The highest BCUT2D eigenvalue weighted by Gasteiger charge is 2.19. The van der Waals surface area contributed by atoms with Crippen molar-refractivity contribution in [2.75, 3.05) is 20.8 Å². The number of benzene rings is 1. The van der Waals surface area contributed by atoms with Gasteiger partial charge in [0.1, 0.15) is 5.82 Å². The molecule has 0 bridgehead atoms. The molecule has 1 atom stereocenters. The van der Waals surface area contributed by atoms with Crippen LogP contribution < -0.4 is 5.32 Å². The number of halogens is 2. The molecule has 1 N–H and O–H groups in total. The lowest BCUT2D eigenvalue weighted by atomic mass is 10.0. The minimum Gasteiger partial charge on any atom is -0.383 e. The van der Waals surface area contributed by atoms with Gasteiger partial charge in [0.05, 0.1) is 36.1 Å². The first kappa shape index (κ1) is 15.9. The van der Waals surface area contributed by atoms with Gasteiger partial charge in [-0.2, -0.15) is 5.10 Å². The van der Waals surface area contributed by atoms with Gasteiger partial charge < -0.3 is 10.1 Å². The fourth-order valence-electron chi connectivity index (χ4n) is 2.31. The quantitative estimate of drug-likeness (QED) is 0.854. The van der Waals surface area contributed by atoms with Gasteiger partial charge >= 0.3 is 0 Å². The topological polar surface area (TPSA) is 39.1 Å². The van der Waals surface area contributed by atoms with Gasteiger partial charge in [0.15, 0.2) is 0 Å². The molecule has 0 aliphatic heterocycles. The van der Waals surface area contributed by atoms with E-state index in [1.807, 2.05) is 17.8 Å². The Bertz CT molecular complexity index is 588. The van der Waals surface area contributed by atoms with Crippen molar-refractivity contribution in [2.24, 2.45) is 0 Å². The van der Waals surface area contributed by atoms with Gasteiger partial charge in [-0.25, -0.2) is 4.39 Å². The van der Waals surface area contributed by atoms with Crippen molar-refractivity contribution in [1.29, 1.82) is 0 Å². The number of methoxy groups -OCH3 is 1. The fraction of sp³-hybridized carbons (Fsp3) is 0.400. The lowest BCUT2D eigenvalue weighted by molar-refractivity contribution is 0.181. The van der Waals surface area contributed by atoms with E-state index in [1.165, 1.54) is 12.1 Å². The van der Waals surface area contributed by atoms with E-state index in [9.17, 15) is 4.39 Å². The largest absolute Gasteiger partial charge is 0.383 e. The summed E-state index contributed by atoms with van der Waals surface area (Å²) in [7, 11) is 3.50. The molecule has 0 fully saturated rings. The zero-order chi connectivity index (χ0) is 15.2. The normalized spacial score (nSPS) is 12.6. The van der Waals surface area contributed by atoms with E-state index in [-0.39, 0.29) is 11.9 Å². The molecule has 0 spiro atoms. The van der Waals surface area contributed by atoms with Crippen molar-refractivity contribution in [2.45, 2.75) is 19.0 Å². The van der Waals surface area contributed by atoms with Gasteiger partial charge in [-0.3, -0.25) is 4.68 Å². The summed E-state index contributed by atoms with van der Waals surface area (Å²) in [6.07, 6.45) is 2.26. The van der Waals surface area contributed by atoms with Crippen LogP contribution in [0.15, 0.2) is 30.5 Å². The fourth-order valence-corrected chi connectivity index (χ4v) is 2.58. The van der Waals surface area contributed by atoms with Crippen molar-refractivity contribution in [3.05, 3.63) is 52.6 Å².